The van der Waals surface area contributed by atoms with Gasteiger partial charge in [0.05, 0.1) is 6.07 Å². The van der Waals surface area contributed by atoms with Gasteiger partial charge in [-0.15, -0.1) is 0 Å². The fourth-order valence-corrected chi connectivity index (χ4v) is 2.69. The van der Waals surface area contributed by atoms with Gasteiger partial charge < -0.3 is 0 Å². The van der Waals surface area contributed by atoms with Gasteiger partial charge in [0.2, 0.25) is 10.0 Å². The lowest BCUT2D eigenvalue weighted by atomic mass is 10.3. The van der Waals surface area contributed by atoms with Crippen LogP contribution < -0.4 is 4.72 Å². The Labute approximate surface area is 90.1 Å². The van der Waals surface area contributed by atoms with Crippen LogP contribution in [0.2, 0.25) is 0 Å². The van der Waals surface area contributed by atoms with Crippen LogP contribution in [0.4, 0.5) is 0 Å². The summed E-state index contributed by atoms with van der Waals surface area (Å²) in [7, 11) is -3.39. The Kier molecular flexibility index (Phi) is 6.97. The summed E-state index contributed by atoms with van der Waals surface area (Å²) >= 11 is 1.78. The van der Waals surface area contributed by atoms with Crippen molar-refractivity contribution in [3.05, 3.63) is 0 Å². The molecule has 0 saturated carbocycles. The van der Waals surface area contributed by atoms with Crippen LogP contribution in [0, 0.1) is 11.3 Å². The Hall–Kier alpha value is -0.250. The molecule has 4 nitrogen and oxygen atoms in total. The second-order valence-electron chi connectivity index (χ2n) is 2.92. The van der Waals surface area contributed by atoms with Crippen molar-refractivity contribution in [2.45, 2.75) is 26.3 Å². The summed E-state index contributed by atoms with van der Waals surface area (Å²) in [6, 6.07) is 1.53. The highest BCUT2D eigenvalue weighted by atomic mass is 32.2. The highest BCUT2D eigenvalue weighted by molar-refractivity contribution is 7.99. The van der Waals surface area contributed by atoms with E-state index in [-0.39, 0.29) is 6.04 Å². The first kappa shape index (κ1) is 13.8. The fraction of sp³-hybridized carbons (Fsp3) is 0.875. The minimum Gasteiger partial charge on any atom is -0.212 e. The Bertz CT molecular complexity index is 282. The van der Waals surface area contributed by atoms with Crippen molar-refractivity contribution in [2.75, 3.05) is 17.3 Å². The third kappa shape index (κ3) is 7.18. The lowest BCUT2D eigenvalue weighted by Gasteiger charge is -2.11. The maximum absolute atomic E-state index is 11.1. The van der Waals surface area contributed by atoms with Crippen LogP contribution in [0.15, 0.2) is 0 Å². The second-order valence-corrected chi connectivity index (χ2v) is 6.07. The van der Waals surface area contributed by atoms with E-state index in [0.717, 1.165) is 17.9 Å². The third-order valence-corrected chi connectivity index (χ3v) is 3.74. The average molecular weight is 236 g/mol. The van der Waals surface area contributed by atoms with Crippen molar-refractivity contribution in [1.29, 1.82) is 5.26 Å². The molecule has 0 aromatic heterocycles. The lowest BCUT2D eigenvalue weighted by Crippen LogP contribution is -2.34. The predicted octanol–water partition coefficient (Wildman–Crippen LogP) is 0.961. The van der Waals surface area contributed by atoms with Gasteiger partial charge in [-0.1, -0.05) is 6.92 Å². The zero-order valence-electron chi connectivity index (χ0n) is 8.49. The minimum absolute atomic E-state index is 0.0904. The van der Waals surface area contributed by atoms with E-state index in [4.69, 9.17) is 5.26 Å². The van der Waals surface area contributed by atoms with Gasteiger partial charge in [-0.2, -0.15) is 17.0 Å². The van der Waals surface area contributed by atoms with E-state index in [1.807, 2.05) is 6.92 Å². The molecule has 0 rings (SSSR count). The molecule has 0 fully saturated rings. The Balaban J connectivity index is 3.83. The van der Waals surface area contributed by atoms with Gasteiger partial charge in [0.15, 0.2) is 5.75 Å². The number of thioether (sulfide) groups is 1. The third-order valence-electron chi connectivity index (χ3n) is 1.53. The molecule has 0 saturated heterocycles. The minimum atomic E-state index is -3.39. The maximum atomic E-state index is 11.1. The molecule has 14 heavy (non-hydrogen) atoms. The predicted molar refractivity (Wildman–Crippen MR) is 59.6 cm³/mol. The van der Waals surface area contributed by atoms with Crippen LogP contribution in [0.25, 0.3) is 0 Å². The standard InChI is InChI=1S/C8H16N2O2S2/c1-3-13-6-4-8(2)10-14(11,12)7-5-9/h8,10H,3-4,6-7H2,1-2H3. The smallest absolute Gasteiger partial charge is 0.212 e. The van der Waals surface area contributed by atoms with Crippen molar-refractivity contribution in [3.63, 3.8) is 0 Å². The molecule has 0 spiro atoms. The van der Waals surface area contributed by atoms with E-state index in [1.54, 1.807) is 17.8 Å². The SMILES string of the molecule is CCSCCC(C)NS(=O)(=O)CC#N. The van der Waals surface area contributed by atoms with Crippen molar-refractivity contribution in [2.24, 2.45) is 0 Å². The van der Waals surface area contributed by atoms with Crippen LogP contribution in [0.5, 0.6) is 0 Å². The molecule has 6 heteroatoms. The van der Waals surface area contributed by atoms with Crippen LogP contribution >= 0.6 is 11.8 Å². The Morgan fingerprint density at radius 2 is 2.21 bits per heavy atom. The first-order valence-corrected chi connectivity index (χ1v) is 7.27. The summed E-state index contributed by atoms with van der Waals surface area (Å²) in [6.45, 7) is 3.88. The largest absolute Gasteiger partial charge is 0.225 e. The molecule has 0 radical (unpaired) electrons. The molecule has 0 aliphatic rings. The van der Waals surface area contributed by atoms with Crippen LogP contribution in [0.3, 0.4) is 0 Å². The van der Waals surface area contributed by atoms with Crippen molar-refractivity contribution in [3.8, 4) is 6.07 Å². The fourth-order valence-electron chi connectivity index (χ4n) is 0.897. The van der Waals surface area contributed by atoms with Crippen LogP contribution in [-0.4, -0.2) is 31.7 Å². The van der Waals surface area contributed by atoms with Gasteiger partial charge >= 0.3 is 0 Å². The molecule has 0 amide bonds. The molecule has 0 bridgehead atoms. The summed E-state index contributed by atoms with van der Waals surface area (Å²) in [5, 5.41) is 8.26. The van der Waals surface area contributed by atoms with Gasteiger partial charge in [-0.25, -0.2) is 13.1 Å². The summed E-state index contributed by atoms with van der Waals surface area (Å²) in [4.78, 5) is 0. The molecular formula is C8H16N2O2S2. The molecule has 1 N–H and O–H groups in total. The summed E-state index contributed by atoms with van der Waals surface area (Å²) in [6.07, 6.45) is 0.795. The first-order valence-electron chi connectivity index (χ1n) is 4.46. The van der Waals surface area contributed by atoms with Gasteiger partial charge in [0.25, 0.3) is 0 Å². The lowest BCUT2D eigenvalue weighted by molar-refractivity contribution is 0.560. The van der Waals surface area contributed by atoms with Gasteiger partial charge in [0, 0.05) is 6.04 Å². The van der Waals surface area contributed by atoms with Crippen molar-refractivity contribution in [1.82, 2.24) is 4.72 Å². The highest BCUT2D eigenvalue weighted by Crippen LogP contribution is 2.04. The van der Waals surface area contributed by atoms with E-state index >= 15 is 0 Å². The molecule has 1 atom stereocenters. The van der Waals surface area contributed by atoms with E-state index < -0.39 is 15.8 Å². The van der Waals surface area contributed by atoms with E-state index in [2.05, 4.69) is 11.6 Å². The number of nitrogens with one attached hydrogen (secondary N) is 1. The number of rotatable bonds is 7. The monoisotopic (exact) mass is 236 g/mol. The number of hydrogen-bond acceptors (Lipinski definition) is 4. The van der Waals surface area contributed by atoms with E-state index in [0.29, 0.717) is 0 Å². The number of hydrogen-bond donors (Lipinski definition) is 1. The van der Waals surface area contributed by atoms with E-state index in [9.17, 15) is 8.42 Å². The molecule has 0 aromatic rings. The summed E-state index contributed by atoms with van der Waals surface area (Å²) < 4.78 is 24.7. The average Bonchev–Trinajstić information content (AvgIpc) is 2.03. The normalized spacial score (nSPS) is 13.5. The second kappa shape index (κ2) is 7.10. The van der Waals surface area contributed by atoms with Crippen molar-refractivity contribution < 1.29 is 8.42 Å². The topological polar surface area (TPSA) is 70.0 Å². The zero-order chi connectivity index (χ0) is 11.0. The van der Waals surface area contributed by atoms with Gasteiger partial charge in [0.1, 0.15) is 0 Å². The Morgan fingerprint density at radius 1 is 1.57 bits per heavy atom. The number of nitriles is 1. The quantitative estimate of drug-likeness (QED) is 0.668. The number of sulfonamides is 1. The molecule has 1 unspecified atom stereocenters. The summed E-state index contributed by atoms with van der Waals surface area (Å²) in [5.74, 6) is 1.52. The van der Waals surface area contributed by atoms with Crippen molar-refractivity contribution >= 4 is 21.8 Å². The Morgan fingerprint density at radius 3 is 2.71 bits per heavy atom. The number of nitrogens with zero attached hydrogens (tertiary/aromatic N) is 1. The van der Waals surface area contributed by atoms with Crippen LogP contribution in [-0.2, 0) is 10.0 Å². The highest BCUT2D eigenvalue weighted by Gasteiger charge is 2.13. The molecule has 0 aliphatic heterocycles. The van der Waals surface area contributed by atoms with E-state index in [1.165, 1.54) is 0 Å². The molecular weight excluding hydrogens is 220 g/mol. The molecule has 0 heterocycles. The van der Waals surface area contributed by atoms with Gasteiger partial charge in [-0.3, -0.25) is 0 Å². The van der Waals surface area contributed by atoms with Crippen LogP contribution in [0.1, 0.15) is 20.3 Å². The van der Waals surface area contributed by atoms with Gasteiger partial charge in [-0.05, 0) is 24.9 Å². The molecule has 0 aromatic carbocycles. The summed E-state index contributed by atoms with van der Waals surface area (Å²) in [5.41, 5.74) is 0. The molecule has 0 aliphatic carbocycles. The zero-order valence-corrected chi connectivity index (χ0v) is 10.1. The maximum Gasteiger partial charge on any atom is 0.225 e. The molecule has 82 valence electrons. The first-order chi connectivity index (χ1) is 6.52.